The second-order valence-electron chi connectivity index (χ2n) is 6.77. The molecule has 1 atom stereocenters. The predicted octanol–water partition coefficient (Wildman–Crippen LogP) is 4.15. The van der Waals surface area contributed by atoms with Gasteiger partial charge in [-0.3, -0.25) is 0 Å². The Morgan fingerprint density at radius 1 is 1.23 bits per heavy atom. The van der Waals surface area contributed by atoms with Crippen LogP contribution in [0.25, 0.3) is 0 Å². The Labute approximate surface area is 175 Å². The molecule has 2 N–H and O–H groups in total. The van der Waals surface area contributed by atoms with Crippen LogP contribution >= 0.6 is 0 Å². The molecular weight excluding hydrogens is 394 g/mol. The molecule has 0 bridgehead atoms. The van der Waals surface area contributed by atoms with Crippen LogP contribution in [-0.2, 0) is 6.54 Å². The predicted molar refractivity (Wildman–Crippen MR) is 111 cm³/mol. The van der Waals surface area contributed by atoms with E-state index in [9.17, 15) is 8.78 Å². The number of halogens is 2. The number of nitrogens with zero attached hydrogens (tertiary/aromatic N) is 2. The molecule has 9 heteroatoms. The number of ether oxygens (including phenoxy) is 2. The van der Waals surface area contributed by atoms with Crippen molar-refractivity contribution in [1.29, 1.82) is 0 Å². The molecular formula is C21H30F2N4O3. The quantitative estimate of drug-likeness (QED) is 0.441. The summed E-state index contributed by atoms with van der Waals surface area (Å²) in [6.07, 6.45) is 0. The van der Waals surface area contributed by atoms with Gasteiger partial charge in [0.1, 0.15) is 5.76 Å². The lowest BCUT2D eigenvalue weighted by molar-refractivity contribution is -0.0520. The van der Waals surface area contributed by atoms with Gasteiger partial charge in [0.15, 0.2) is 17.5 Å². The smallest absolute Gasteiger partial charge is 0.387 e. The summed E-state index contributed by atoms with van der Waals surface area (Å²) >= 11 is 0. The van der Waals surface area contributed by atoms with E-state index in [1.165, 1.54) is 0 Å². The second-order valence-corrected chi connectivity index (χ2v) is 6.77. The standard InChI is InChI=1S/C21H30F2N4O3/c1-6-24-21(25-11-13(3)18-14(4)27-30-15(18)5)26-12-16-9-8-10-17(28-7-2)19(16)29-20(22)23/h8-10,13,20H,6-7,11-12H2,1-5H3,(H2,24,25,26). The first kappa shape index (κ1) is 23.4. The maximum atomic E-state index is 12.9. The molecule has 0 radical (unpaired) electrons. The van der Waals surface area contributed by atoms with Crippen molar-refractivity contribution >= 4 is 5.96 Å². The molecule has 0 saturated carbocycles. The highest BCUT2D eigenvalue weighted by Crippen LogP contribution is 2.33. The summed E-state index contributed by atoms with van der Waals surface area (Å²) in [7, 11) is 0. The number of benzene rings is 1. The maximum absolute atomic E-state index is 12.9. The normalized spacial score (nSPS) is 12.7. The second kappa shape index (κ2) is 11.4. The van der Waals surface area contributed by atoms with Gasteiger partial charge in [0.2, 0.25) is 0 Å². The van der Waals surface area contributed by atoms with Crippen LogP contribution in [0.5, 0.6) is 11.5 Å². The van der Waals surface area contributed by atoms with Gasteiger partial charge in [-0.25, -0.2) is 4.99 Å². The lowest BCUT2D eigenvalue weighted by Gasteiger charge is -2.17. The Morgan fingerprint density at radius 2 is 2.00 bits per heavy atom. The van der Waals surface area contributed by atoms with Crippen molar-refractivity contribution in [3.63, 3.8) is 0 Å². The fourth-order valence-corrected chi connectivity index (χ4v) is 3.23. The van der Waals surface area contributed by atoms with Crippen LogP contribution in [0.2, 0.25) is 0 Å². The molecule has 0 spiro atoms. The van der Waals surface area contributed by atoms with Crippen molar-refractivity contribution < 1.29 is 22.8 Å². The minimum absolute atomic E-state index is 0.0121. The van der Waals surface area contributed by atoms with Gasteiger partial charge in [-0.1, -0.05) is 24.2 Å². The van der Waals surface area contributed by atoms with E-state index in [-0.39, 0.29) is 24.0 Å². The highest BCUT2D eigenvalue weighted by Gasteiger charge is 2.18. The SMILES string of the molecule is CCNC(=NCc1cccc(OCC)c1OC(F)F)NCC(C)c1c(C)noc1C. The molecule has 1 aromatic carbocycles. The van der Waals surface area contributed by atoms with Gasteiger partial charge in [-0.2, -0.15) is 8.78 Å². The van der Waals surface area contributed by atoms with Gasteiger partial charge >= 0.3 is 6.61 Å². The summed E-state index contributed by atoms with van der Waals surface area (Å²) in [5.41, 5.74) is 2.44. The van der Waals surface area contributed by atoms with E-state index >= 15 is 0 Å². The van der Waals surface area contributed by atoms with Gasteiger partial charge in [0, 0.05) is 30.1 Å². The molecule has 0 fully saturated rings. The molecule has 166 valence electrons. The van der Waals surface area contributed by atoms with Crippen LogP contribution < -0.4 is 20.1 Å². The molecule has 1 heterocycles. The Hall–Kier alpha value is -2.84. The summed E-state index contributed by atoms with van der Waals surface area (Å²) < 4.78 is 41.2. The summed E-state index contributed by atoms with van der Waals surface area (Å²) in [5, 5.41) is 10.4. The van der Waals surface area contributed by atoms with Gasteiger partial charge in [-0.05, 0) is 33.8 Å². The lowest BCUT2D eigenvalue weighted by atomic mass is 10.00. The van der Waals surface area contributed by atoms with E-state index in [0.29, 0.717) is 31.2 Å². The van der Waals surface area contributed by atoms with Crippen LogP contribution in [0.1, 0.15) is 49.3 Å². The average molecular weight is 424 g/mol. The van der Waals surface area contributed by atoms with Crippen molar-refractivity contribution in [3.05, 3.63) is 40.8 Å². The number of nitrogens with one attached hydrogen (secondary N) is 2. The van der Waals surface area contributed by atoms with Gasteiger partial charge in [0.05, 0.1) is 18.8 Å². The molecule has 1 aromatic heterocycles. The number of rotatable bonds is 10. The van der Waals surface area contributed by atoms with E-state index in [4.69, 9.17) is 14.0 Å². The van der Waals surface area contributed by atoms with E-state index in [1.54, 1.807) is 25.1 Å². The molecule has 1 unspecified atom stereocenters. The number of alkyl halides is 2. The molecule has 2 rings (SSSR count). The summed E-state index contributed by atoms with van der Waals surface area (Å²) in [4.78, 5) is 4.53. The number of hydrogen-bond donors (Lipinski definition) is 2. The number of para-hydroxylation sites is 1. The Morgan fingerprint density at radius 3 is 2.60 bits per heavy atom. The first-order chi connectivity index (χ1) is 14.4. The zero-order valence-electron chi connectivity index (χ0n) is 18.1. The van der Waals surface area contributed by atoms with Crippen molar-refractivity contribution in [2.45, 2.75) is 53.7 Å². The molecule has 0 aliphatic heterocycles. The van der Waals surface area contributed by atoms with Crippen molar-refractivity contribution in [1.82, 2.24) is 15.8 Å². The number of guanidine groups is 1. The van der Waals surface area contributed by atoms with Gasteiger partial charge in [-0.15, -0.1) is 0 Å². The van der Waals surface area contributed by atoms with Crippen LogP contribution in [0, 0.1) is 13.8 Å². The molecule has 30 heavy (non-hydrogen) atoms. The Kier molecular flexibility index (Phi) is 8.89. The van der Waals surface area contributed by atoms with Gasteiger partial charge in [0.25, 0.3) is 0 Å². The van der Waals surface area contributed by atoms with Crippen LogP contribution in [-0.4, -0.2) is 37.4 Å². The topological polar surface area (TPSA) is 80.9 Å². The van der Waals surface area contributed by atoms with E-state index in [2.05, 4.69) is 27.7 Å². The zero-order chi connectivity index (χ0) is 22.1. The molecule has 7 nitrogen and oxygen atoms in total. The summed E-state index contributed by atoms with van der Waals surface area (Å²) in [6, 6.07) is 5.02. The van der Waals surface area contributed by atoms with Gasteiger partial charge < -0.3 is 24.6 Å². The summed E-state index contributed by atoms with van der Waals surface area (Å²) in [5.74, 6) is 1.80. The molecule has 0 aliphatic rings. The van der Waals surface area contributed by atoms with Crippen LogP contribution in [0.4, 0.5) is 8.78 Å². The van der Waals surface area contributed by atoms with Crippen molar-refractivity contribution in [2.24, 2.45) is 4.99 Å². The third-order valence-corrected chi connectivity index (χ3v) is 4.48. The maximum Gasteiger partial charge on any atom is 0.387 e. The molecule has 0 amide bonds. The van der Waals surface area contributed by atoms with E-state index in [0.717, 1.165) is 17.0 Å². The zero-order valence-corrected chi connectivity index (χ0v) is 18.1. The summed E-state index contributed by atoms with van der Waals surface area (Å²) in [6.45, 7) is 8.42. The number of aromatic nitrogens is 1. The Bertz CT molecular complexity index is 820. The minimum Gasteiger partial charge on any atom is -0.490 e. The van der Waals surface area contributed by atoms with E-state index in [1.807, 2.05) is 20.8 Å². The molecule has 2 aromatic rings. The molecule has 0 saturated heterocycles. The monoisotopic (exact) mass is 424 g/mol. The average Bonchev–Trinajstić information content (AvgIpc) is 3.04. The number of hydrogen-bond acceptors (Lipinski definition) is 5. The third-order valence-electron chi connectivity index (χ3n) is 4.48. The van der Waals surface area contributed by atoms with Crippen molar-refractivity contribution in [2.75, 3.05) is 19.7 Å². The third kappa shape index (κ3) is 6.33. The van der Waals surface area contributed by atoms with Crippen LogP contribution in [0.3, 0.4) is 0 Å². The highest BCUT2D eigenvalue weighted by atomic mass is 19.3. The van der Waals surface area contributed by atoms with Crippen molar-refractivity contribution in [3.8, 4) is 11.5 Å². The minimum atomic E-state index is -2.95. The number of aryl methyl sites for hydroxylation is 2. The first-order valence-electron chi connectivity index (χ1n) is 10.0. The molecule has 0 aliphatic carbocycles. The number of aliphatic imine (C=N–C) groups is 1. The van der Waals surface area contributed by atoms with Crippen LogP contribution in [0.15, 0.2) is 27.7 Å². The highest BCUT2D eigenvalue weighted by molar-refractivity contribution is 5.79. The fraction of sp³-hybridized carbons (Fsp3) is 0.524. The first-order valence-corrected chi connectivity index (χ1v) is 10.0. The van der Waals surface area contributed by atoms with E-state index < -0.39 is 6.61 Å². The lowest BCUT2D eigenvalue weighted by Crippen LogP contribution is -2.39. The largest absolute Gasteiger partial charge is 0.490 e. The fourth-order valence-electron chi connectivity index (χ4n) is 3.23. The Balaban J connectivity index is 2.15.